The van der Waals surface area contributed by atoms with Crippen molar-refractivity contribution >= 4 is 0 Å². The first-order valence-corrected chi connectivity index (χ1v) is 6.52. The van der Waals surface area contributed by atoms with E-state index in [1.807, 2.05) is 7.11 Å². The van der Waals surface area contributed by atoms with Crippen LogP contribution in [0.3, 0.4) is 0 Å². The number of benzene rings is 1. The average molecular weight is 233 g/mol. The maximum Gasteiger partial charge on any atom is 0.0724 e. The largest absolute Gasteiger partial charge is 0.380 e. The third-order valence-electron chi connectivity index (χ3n) is 3.61. The second-order valence-electron chi connectivity index (χ2n) is 5.19. The molecule has 1 aliphatic carbocycles. The van der Waals surface area contributed by atoms with Gasteiger partial charge in [-0.15, -0.1) is 0 Å². The molecule has 2 heteroatoms. The molecule has 2 unspecified atom stereocenters. The lowest BCUT2D eigenvalue weighted by Crippen LogP contribution is -2.36. The summed E-state index contributed by atoms with van der Waals surface area (Å²) in [6, 6.07) is 7.27. The Bertz CT molecular complexity index is 355. The van der Waals surface area contributed by atoms with Crippen LogP contribution in [0.25, 0.3) is 0 Å². The summed E-state index contributed by atoms with van der Waals surface area (Å²) in [5, 5.41) is 3.63. The van der Waals surface area contributed by atoms with Gasteiger partial charge in [-0.05, 0) is 38.7 Å². The number of methoxy groups -OCH3 is 1. The lowest BCUT2D eigenvalue weighted by molar-refractivity contribution is 0.0847. The summed E-state index contributed by atoms with van der Waals surface area (Å²) >= 11 is 0. The SMILES string of the molecule is COC1CCCC1NCc1cc(C)cc(C)c1. The smallest absolute Gasteiger partial charge is 0.0724 e. The van der Waals surface area contributed by atoms with Crippen LogP contribution < -0.4 is 5.32 Å². The van der Waals surface area contributed by atoms with Crippen molar-refractivity contribution in [2.24, 2.45) is 0 Å². The third kappa shape index (κ3) is 3.30. The van der Waals surface area contributed by atoms with Crippen molar-refractivity contribution in [1.29, 1.82) is 0 Å². The number of hydrogen-bond donors (Lipinski definition) is 1. The van der Waals surface area contributed by atoms with Crippen molar-refractivity contribution in [2.75, 3.05) is 7.11 Å². The van der Waals surface area contributed by atoms with Crippen molar-refractivity contribution < 1.29 is 4.74 Å². The first-order valence-electron chi connectivity index (χ1n) is 6.52. The molecule has 0 amide bonds. The van der Waals surface area contributed by atoms with Crippen LogP contribution in [0.2, 0.25) is 0 Å². The summed E-state index contributed by atoms with van der Waals surface area (Å²) in [6.07, 6.45) is 4.12. The molecule has 2 nitrogen and oxygen atoms in total. The van der Waals surface area contributed by atoms with Gasteiger partial charge in [0, 0.05) is 19.7 Å². The molecule has 2 atom stereocenters. The summed E-state index contributed by atoms with van der Waals surface area (Å²) in [4.78, 5) is 0. The molecule has 1 aromatic carbocycles. The third-order valence-corrected chi connectivity index (χ3v) is 3.61. The average Bonchev–Trinajstić information content (AvgIpc) is 2.72. The maximum atomic E-state index is 5.50. The molecule has 1 aliphatic rings. The van der Waals surface area contributed by atoms with Gasteiger partial charge in [0.05, 0.1) is 6.10 Å². The highest BCUT2D eigenvalue weighted by Gasteiger charge is 2.26. The zero-order chi connectivity index (χ0) is 12.3. The van der Waals surface area contributed by atoms with E-state index in [9.17, 15) is 0 Å². The molecule has 1 fully saturated rings. The van der Waals surface area contributed by atoms with Gasteiger partial charge in [-0.25, -0.2) is 0 Å². The van der Waals surface area contributed by atoms with E-state index in [2.05, 4.69) is 37.4 Å². The Morgan fingerprint density at radius 3 is 2.53 bits per heavy atom. The monoisotopic (exact) mass is 233 g/mol. The molecule has 1 aromatic rings. The molecular formula is C15H23NO. The fourth-order valence-electron chi connectivity index (χ4n) is 2.86. The molecule has 2 rings (SSSR count). The van der Waals surface area contributed by atoms with Crippen molar-refractivity contribution in [3.05, 3.63) is 34.9 Å². The number of aryl methyl sites for hydroxylation is 2. The van der Waals surface area contributed by atoms with E-state index in [-0.39, 0.29) is 0 Å². The molecule has 94 valence electrons. The molecule has 1 saturated carbocycles. The lowest BCUT2D eigenvalue weighted by Gasteiger charge is -2.20. The first kappa shape index (κ1) is 12.6. The Morgan fingerprint density at radius 1 is 1.18 bits per heavy atom. The molecule has 17 heavy (non-hydrogen) atoms. The van der Waals surface area contributed by atoms with Crippen molar-refractivity contribution in [3.63, 3.8) is 0 Å². The summed E-state index contributed by atoms with van der Waals surface area (Å²) in [5.41, 5.74) is 4.07. The van der Waals surface area contributed by atoms with Gasteiger partial charge >= 0.3 is 0 Å². The number of hydrogen-bond acceptors (Lipinski definition) is 2. The second kappa shape index (κ2) is 5.65. The van der Waals surface area contributed by atoms with Gasteiger partial charge in [0.15, 0.2) is 0 Å². The van der Waals surface area contributed by atoms with Crippen LogP contribution in [0.5, 0.6) is 0 Å². The molecule has 0 aromatic heterocycles. The topological polar surface area (TPSA) is 21.3 Å². The Balaban J connectivity index is 1.93. The predicted octanol–water partition coefficient (Wildman–Crippen LogP) is 2.96. The van der Waals surface area contributed by atoms with Crippen LogP contribution in [0.1, 0.15) is 36.0 Å². The highest BCUT2D eigenvalue weighted by atomic mass is 16.5. The quantitative estimate of drug-likeness (QED) is 0.863. The minimum absolute atomic E-state index is 0.404. The van der Waals surface area contributed by atoms with E-state index in [0.29, 0.717) is 12.1 Å². The number of rotatable bonds is 4. The molecule has 0 spiro atoms. The summed E-state index contributed by atoms with van der Waals surface area (Å²) in [7, 11) is 1.82. The molecule has 0 saturated heterocycles. The number of ether oxygens (including phenoxy) is 1. The minimum Gasteiger partial charge on any atom is -0.380 e. The van der Waals surface area contributed by atoms with Crippen LogP contribution in [-0.4, -0.2) is 19.3 Å². The normalized spacial score (nSPS) is 24.2. The highest BCUT2D eigenvalue weighted by Crippen LogP contribution is 2.22. The Hall–Kier alpha value is -0.860. The molecule has 1 N–H and O–H groups in total. The van der Waals surface area contributed by atoms with Crippen LogP contribution in [0.15, 0.2) is 18.2 Å². The maximum absolute atomic E-state index is 5.50. The number of nitrogens with one attached hydrogen (secondary N) is 1. The van der Waals surface area contributed by atoms with Crippen LogP contribution in [0.4, 0.5) is 0 Å². The zero-order valence-electron chi connectivity index (χ0n) is 11.1. The summed E-state index contributed by atoms with van der Waals surface area (Å²) < 4.78 is 5.50. The van der Waals surface area contributed by atoms with Crippen molar-refractivity contribution in [3.8, 4) is 0 Å². The highest BCUT2D eigenvalue weighted by molar-refractivity contribution is 5.28. The molecule has 0 aliphatic heterocycles. The van der Waals surface area contributed by atoms with Gasteiger partial charge < -0.3 is 10.1 Å². The van der Waals surface area contributed by atoms with E-state index >= 15 is 0 Å². The lowest BCUT2D eigenvalue weighted by atomic mass is 10.1. The Labute approximate surface area is 104 Å². The Kier molecular flexibility index (Phi) is 4.19. The molecule has 0 heterocycles. The first-order chi connectivity index (χ1) is 8.19. The zero-order valence-corrected chi connectivity index (χ0v) is 11.1. The Morgan fingerprint density at radius 2 is 1.88 bits per heavy atom. The summed E-state index contributed by atoms with van der Waals surface area (Å²) in [6.45, 7) is 5.26. The second-order valence-corrected chi connectivity index (χ2v) is 5.19. The minimum atomic E-state index is 0.404. The van der Waals surface area contributed by atoms with Crippen molar-refractivity contribution in [2.45, 2.75) is 51.8 Å². The van der Waals surface area contributed by atoms with E-state index < -0.39 is 0 Å². The molecule has 0 bridgehead atoms. The van der Waals surface area contributed by atoms with Crippen LogP contribution in [-0.2, 0) is 11.3 Å². The summed E-state index contributed by atoms with van der Waals surface area (Å²) in [5.74, 6) is 0. The van der Waals surface area contributed by atoms with Crippen molar-refractivity contribution in [1.82, 2.24) is 5.32 Å². The van der Waals surface area contributed by atoms with Gasteiger partial charge in [0.2, 0.25) is 0 Å². The van der Waals surface area contributed by atoms with E-state index in [0.717, 1.165) is 6.54 Å². The van der Waals surface area contributed by atoms with Gasteiger partial charge in [-0.1, -0.05) is 29.3 Å². The van der Waals surface area contributed by atoms with E-state index in [1.54, 1.807) is 0 Å². The van der Waals surface area contributed by atoms with Crippen LogP contribution in [0, 0.1) is 13.8 Å². The molecule has 0 radical (unpaired) electrons. The van der Waals surface area contributed by atoms with Crippen LogP contribution >= 0.6 is 0 Å². The molecular weight excluding hydrogens is 210 g/mol. The van der Waals surface area contributed by atoms with Gasteiger partial charge in [0.1, 0.15) is 0 Å². The van der Waals surface area contributed by atoms with Gasteiger partial charge in [0.25, 0.3) is 0 Å². The van der Waals surface area contributed by atoms with E-state index in [4.69, 9.17) is 4.74 Å². The van der Waals surface area contributed by atoms with Gasteiger partial charge in [-0.3, -0.25) is 0 Å². The predicted molar refractivity (Wildman–Crippen MR) is 71.2 cm³/mol. The van der Waals surface area contributed by atoms with E-state index in [1.165, 1.54) is 36.0 Å². The fourth-order valence-corrected chi connectivity index (χ4v) is 2.86. The van der Waals surface area contributed by atoms with Gasteiger partial charge in [-0.2, -0.15) is 0 Å². The standard InChI is InChI=1S/C15H23NO/c1-11-7-12(2)9-13(8-11)10-16-14-5-4-6-15(14)17-3/h7-9,14-16H,4-6,10H2,1-3H3. The fraction of sp³-hybridized carbons (Fsp3) is 0.600.